The normalized spacial score (nSPS) is 11.6. The van der Waals surface area contributed by atoms with Gasteiger partial charge in [0.25, 0.3) is 0 Å². The van der Waals surface area contributed by atoms with Crippen molar-refractivity contribution in [1.29, 1.82) is 0 Å². The Labute approximate surface area is 126 Å². The summed E-state index contributed by atoms with van der Waals surface area (Å²) in [5, 5.41) is 10.9. The van der Waals surface area contributed by atoms with Gasteiger partial charge in [-0.15, -0.1) is 0 Å². The van der Waals surface area contributed by atoms with Crippen LogP contribution >= 0.6 is 0 Å². The Morgan fingerprint density at radius 2 is 1.82 bits per heavy atom. The van der Waals surface area contributed by atoms with Crippen molar-refractivity contribution in [3.8, 4) is 5.88 Å². The van der Waals surface area contributed by atoms with E-state index in [0.717, 1.165) is 14.2 Å². The molecule has 1 rings (SSSR count). The lowest BCUT2D eigenvalue weighted by Gasteiger charge is -2.20. The number of carbonyl (C=O) groups is 2. The molecule has 120 valence electrons. The van der Waals surface area contributed by atoms with Gasteiger partial charge in [0.1, 0.15) is 0 Å². The number of hydrogen-bond acceptors (Lipinski definition) is 8. The fourth-order valence-corrected chi connectivity index (χ4v) is 1.97. The van der Waals surface area contributed by atoms with Crippen LogP contribution in [0.25, 0.3) is 0 Å². The Bertz CT molecular complexity index is 528. The quantitative estimate of drug-likeness (QED) is 0.307. The summed E-state index contributed by atoms with van der Waals surface area (Å²) in [5.41, 5.74) is 0.332. The standard InChI is InChI=1S/C13H16N2O7/c1-20-10-5-4-8(6-14-10)9(7-15(18)19)11(12(16)21-2)13(17)22-3/h4-6,9,11H,7H2,1-3H3/t9-/m0/s1. The summed E-state index contributed by atoms with van der Waals surface area (Å²) in [6.07, 6.45) is 1.31. The minimum Gasteiger partial charge on any atom is -0.481 e. The molecule has 0 radical (unpaired) electrons. The average molecular weight is 312 g/mol. The van der Waals surface area contributed by atoms with Crippen LogP contribution < -0.4 is 4.74 Å². The number of pyridine rings is 1. The fraction of sp³-hybridized carbons (Fsp3) is 0.462. The molecule has 1 aromatic rings. The maximum absolute atomic E-state index is 11.8. The number of ether oxygens (including phenoxy) is 3. The molecule has 0 fully saturated rings. The van der Waals surface area contributed by atoms with Gasteiger partial charge in [-0.3, -0.25) is 19.7 Å². The summed E-state index contributed by atoms with van der Waals surface area (Å²) < 4.78 is 14.0. The van der Waals surface area contributed by atoms with Gasteiger partial charge in [0.05, 0.1) is 27.2 Å². The van der Waals surface area contributed by atoms with Crippen LogP contribution in [0.2, 0.25) is 0 Å². The van der Waals surface area contributed by atoms with E-state index in [1.165, 1.54) is 25.4 Å². The Morgan fingerprint density at radius 1 is 1.23 bits per heavy atom. The Balaban J connectivity index is 3.25. The van der Waals surface area contributed by atoms with E-state index < -0.39 is 35.2 Å². The van der Waals surface area contributed by atoms with E-state index in [-0.39, 0.29) is 0 Å². The van der Waals surface area contributed by atoms with Crippen molar-refractivity contribution in [2.75, 3.05) is 27.9 Å². The number of methoxy groups -OCH3 is 3. The largest absolute Gasteiger partial charge is 0.481 e. The first-order chi connectivity index (χ1) is 10.4. The van der Waals surface area contributed by atoms with Gasteiger partial charge >= 0.3 is 11.9 Å². The van der Waals surface area contributed by atoms with Crippen LogP contribution in [0.5, 0.6) is 5.88 Å². The van der Waals surface area contributed by atoms with Crippen LogP contribution in [-0.2, 0) is 19.1 Å². The van der Waals surface area contributed by atoms with E-state index in [2.05, 4.69) is 14.5 Å². The van der Waals surface area contributed by atoms with Gasteiger partial charge < -0.3 is 14.2 Å². The third-order valence-electron chi connectivity index (χ3n) is 3.05. The molecule has 1 atom stereocenters. The van der Waals surface area contributed by atoms with E-state index in [4.69, 9.17) is 4.74 Å². The van der Waals surface area contributed by atoms with Gasteiger partial charge in [0.2, 0.25) is 12.4 Å². The maximum Gasteiger partial charge on any atom is 0.320 e. The first-order valence-electron chi connectivity index (χ1n) is 6.22. The number of aromatic nitrogens is 1. The lowest BCUT2D eigenvalue weighted by atomic mass is 9.86. The maximum atomic E-state index is 11.8. The topological polar surface area (TPSA) is 118 Å². The molecule has 0 saturated heterocycles. The van der Waals surface area contributed by atoms with Crippen molar-refractivity contribution in [1.82, 2.24) is 4.98 Å². The van der Waals surface area contributed by atoms with E-state index in [0.29, 0.717) is 11.4 Å². The highest BCUT2D eigenvalue weighted by atomic mass is 16.6. The van der Waals surface area contributed by atoms with E-state index in [1.54, 1.807) is 0 Å². The molecule has 9 heteroatoms. The SMILES string of the molecule is COC(=O)C(C(=O)OC)[C@@H](C[N+](=O)[O-])c1ccc(OC)nc1. The number of hydrogen-bond donors (Lipinski definition) is 0. The highest BCUT2D eigenvalue weighted by Crippen LogP contribution is 2.28. The Hall–Kier alpha value is -2.71. The van der Waals surface area contributed by atoms with Crippen LogP contribution in [0.1, 0.15) is 11.5 Å². The van der Waals surface area contributed by atoms with Crippen LogP contribution in [0, 0.1) is 16.0 Å². The fourth-order valence-electron chi connectivity index (χ4n) is 1.97. The summed E-state index contributed by atoms with van der Waals surface area (Å²) >= 11 is 0. The molecule has 0 unspecified atom stereocenters. The molecule has 1 aromatic heterocycles. The highest BCUT2D eigenvalue weighted by Gasteiger charge is 2.41. The summed E-state index contributed by atoms with van der Waals surface area (Å²) in [6.45, 7) is -0.650. The van der Waals surface area contributed by atoms with Crippen LogP contribution in [0.4, 0.5) is 0 Å². The zero-order chi connectivity index (χ0) is 16.7. The van der Waals surface area contributed by atoms with E-state index >= 15 is 0 Å². The van der Waals surface area contributed by atoms with E-state index in [9.17, 15) is 19.7 Å². The Morgan fingerprint density at radius 3 is 2.18 bits per heavy atom. The minimum absolute atomic E-state index is 0.302. The number of nitro groups is 1. The lowest BCUT2D eigenvalue weighted by Crippen LogP contribution is -2.35. The molecule has 0 amide bonds. The van der Waals surface area contributed by atoms with Crippen molar-refractivity contribution in [3.05, 3.63) is 34.0 Å². The smallest absolute Gasteiger partial charge is 0.320 e. The average Bonchev–Trinajstić information content (AvgIpc) is 2.53. The summed E-state index contributed by atoms with van der Waals surface area (Å²) in [5.74, 6) is -4.02. The summed E-state index contributed by atoms with van der Waals surface area (Å²) in [7, 11) is 3.60. The lowest BCUT2D eigenvalue weighted by molar-refractivity contribution is -0.484. The van der Waals surface area contributed by atoms with Gasteiger partial charge in [-0.2, -0.15) is 0 Å². The first kappa shape index (κ1) is 17.3. The monoisotopic (exact) mass is 312 g/mol. The Kier molecular flexibility index (Phi) is 6.24. The molecule has 22 heavy (non-hydrogen) atoms. The zero-order valence-electron chi connectivity index (χ0n) is 12.3. The number of carbonyl (C=O) groups excluding carboxylic acids is 2. The van der Waals surface area contributed by atoms with Gasteiger partial charge in [0.15, 0.2) is 5.92 Å². The summed E-state index contributed by atoms with van der Waals surface area (Å²) in [4.78, 5) is 37.9. The predicted molar refractivity (Wildman–Crippen MR) is 72.9 cm³/mol. The molecule has 0 spiro atoms. The highest BCUT2D eigenvalue weighted by molar-refractivity contribution is 5.96. The second kappa shape index (κ2) is 7.91. The number of esters is 2. The van der Waals surface area contributed by atoms with Crippen LogP contribution in [0.3, 0.4) is 0 Å². The van der Waals surface area contributed by atoms with Crippen molar-refractivity contribution in [2.24, 2.45) is 5.92 Å². The molecule has 0 aliphatic heterocycles. The minimum atomic E-state index is -1.45. The zero-order valence-corrected chi connectivity index (χ0v) is 12.3. The van der Waals surface area contributed by atoms with Gasteiger partial charge in [-0.1, -0.05) is 6.07 Å². The molecule has 0 N–H and O–H groups in total. The number of nitrogens with zero attached hydrogens (tertiary/aromatic N) is 2. The van der Waals surface area contributed by atoms with Crippen LogP contribution in [-0.4, -0.2) is 49.7 Å². The molecule has 0 bridgehead atoms. The molecule has 9 nitrogen and oxygen atoms in total. The molecular weight excluding hydrogens is 296 g/mol. The third kappa shape index (κ3) is 4.14. The van der Waals surface area contributed by atoms with Crippen molar-refractivity contribution < 1.29 is 28.7 Å². The van der Waals surface area contributed by atoms with Crippen molar-refractivity contribution in [3.63, 3.8) is 0 Å². The number of rotatable bonds is 7. The predicted octanol–water partition coefficient (Wildman–Crippen LogP) is 0.413. The van der Waals surface area contributed by atoms with E-state index in [1.807, 2.05) is 0 Å². The molecule has 0 saturated carbocycles. The molecule has 0 aromatic carbocycles. The second-order valence-corrected chi connectivity index (χ2v) is 4.28. The second-order valence-electron chi connectivity index (χ2n) is 4.28. The van der Waals surface area contributed by atoms with Crippen molar-refractivity contribution in [2.45, 2.75) is 5.92 Å². The molecular formula is C13H16N2O7. The van der Waals surface area contributed by atoms with Crippen LogP contribution in [0.15, 0.2) is 18.3 Å². The van der Waals surface area contributed by atoms with Gasteiger partial charge in [-0.05, 0) is 5.56 Å². The first-order valence-corrected chi connectivity index (χ1v) is 6.22. The molecule has 0 aliphatic rings. The molecule has 0 aliphatic carbocycles. The van der Waals surface area contributed by atoms with Crippen molar-refractivity contribution >= 4 is 11.9 Å². The summed E-state index contributed by atoms with van der Waals surface area (Å²) in [6, 6.07) is 2.98. The van der Waals surface area contributed by atoms with Gasteiger partial charge in [-0.25, -0.2) is 4.98 Å². The third-order valence-corrected chi connectivity index (χ3v) is 3.05. The van der Waals surface area contributed by atoms with Gasteiger partial charge in [0, 0.05) is 17.2 Å². The molecule has 1 heterocycles.